The average molecular weight is 319 g/mol. The van der Waals surface area contributed by atoms with Crippen LogP contribution in [0.15, 0.2) is 29.9 Å². The zero-order valence-electron chi connectivity index (χ0n) is 12.9. The van der Waals surface area contributed by atoms with E-state index in [1.165, 1.54) is 5.56 Å². The summed E-state index contributed by atoms with van der Waals surface area (Å²) < 4.78 is 11.5. The van der Waals surface area contributed by atoms with Crippen molar-refractivity contribution < 1.29 is 9.47 Å². The second-order valence-corrected chi connectivity index (χ2v) is 5.34. The van der Waals surface area contributed by atoms with Crippen LogP contribution in [0.4, 0.5) is 0 Å². The van der Waals surface area contributed by atoms with Crippen molar-refractivity contribution in [3.05, 3.63) is 35.9 Å². The van der Waals surface area contributed by atoms with Gasteiger partial charge >= 0.3 is 0 Å². The number of ether oxygens (including phenoxy) is 2. The number of rotatable bonds is 6. The van der Waals surface area contributed by atoms with Crippen LogP contribution >= 0.6 is 12.2 Å². The van der Waals surface area contributed by atoms with E-state index in [1.54, 1.807) is 12.3 Å². The number of nitrogens with one attached hydrogen (secondary N) is 2. The molecular weight excluding hydrogens is 298 g/mol. The highest BCUT2D eigenvalue weighted by molar-refractivity contribution is 7.80. The minimum Gasteiger partial charge on any atom is -0.493 e. The van der Waals surface area contributed by atoms with E-state index in [0.717, 1.165) is 23.5 Å². The fraction of sp³-hybridized carbons (Fsp3) is 0.375. The van der Waals surface area contributed by atoms with Crippen LogP contribution < -0.4 is 20.2 Å². The highest BCUT2D eigenvalue weighted by Crippen LogP contribution is 2.34. The third-order valence-corrected chi connectivity index (χ3v) is 3.34. The second-order valence-electron chi connectivity index (χ2n) is 4.93. The van der Waals surface area contributed by atoms with Gasteiger partial charge in [-0.15, -0.1) is 6.58 Å². The monoisotopic (exact) mass is 319 g/mol. The van der Waals surface area contributed by atoms with Gasteiger partial charge in [0.15, 0.2) is 5.11 Å². The van der Waals surface area contributed by atoms with Gasteiger partial charge in [-0.25, -0.2) is 0 Å². The molecule has 0 amide bonds. The van der Waals surface area contributed by atoms with Gasteiger partial charge in [0.05, 0.1) is 12.8 Å². The molecule has 0 unspecified atom stereocenters. The molecule has 0 saturated heterocycles. The molecule has 22 heavy (non-hydrogen) atoms. The van der Waals surface area contributed by atoms with Crippen LogP contribution in [-0.4, -0.2) is 30.6 Å². The molecule has 1 heterocycles. The Balaban J connectivity index is 2.10. The fourth-order valence-electron chi connectivity index (χ4n) is 2.20. The molecule has 0 bridgehead atoms. The third kappa shape index (κ3) is 4.21. The first-order valence-electron chi connectivity index (χ1n) is 7.28. The number of thiocarbonyl (C=S) groups is 1. The molecule has 1 aliphatic rings. The van der Waals surface area contributed by atoms with Crippen LogP contribution in [0.25, 0.3) is 0 Å². The van der Waals surface area contributed by atoms with Crippen LogP contribution in [0.1, 0.15) is 25.0 Å². The summed E-state index contributed by atoms with van der Waals surface area (Å²) in [5, 5.41) is 7.52. The number of fused-ring (bicyclic) bond motifs is 1. The van der Waals surface area contributed by atoms with Crippen molar-refractivity contribution in [3.63, 3.8) is 0 Å². The number of hydrogen-bond donors (Lipinski definition) is 2. The number of benzene rings is 1. The Bertz CT molecular complexity index is 587. The number of hydrazone groups is 1. The summed E-state index contributed by atoms with van der Waals surface area (Å²) in [4.78, 5) is 0. The standard InChI is InChI=1S/C16H21N3O2S/c1-4-6-17-16(22)19-18-10-13-9-15-12(7-11(3)21-15)8-14(13)20-5-2/h4,8-11H,1,5-7H2,2-3H3,(H2,17,19,22)/b18-10-/t11-/m0/s1. The Hall–Kier alpha value is -2.08. The third-order valence-electron chi connectivity index (χ3n) is 3.10. The summed E-state index contributed by atoms with van der Waals surface area (Å²) >= 11 is 5.07. The molecular formula is C16H21N3O2S. The van der Waals surface area contributed by atoms with E-state index < -0.39 is 0 Å². The molecule has 0 aromatic heterocycles. The van der Waals surface area contributed by atoms with E-state index in [-0.39, 0.29) is 6.10 Å². The van der Waals surface area contributed by atoms with Gasteiger partial charge in [0.25, 0.3) is 0 Å². The van der Waals surface area contributed by atoms with Crippen molar-refractivity contribution in [2.75, 3.05) is 13.2 Å². The van der Waals surface area contributed by atoms with Gasteiger partial charge in [-0.05, 0) is 38.2 Å². The van der Waals surface area contributed by atoms with E-state index in [0.29, 0.717) is 18.3 Å². The molecule has 0 saturated carbocycles. The van der Waals surface area contributed by atoms with Gasteiger partial charge in [-0.3, -0.25) is 5.43 Å². The first-order valence-corrected chi connectivity index (χ1v) is 7.69. The lowest BCUT2D eigenvalue weighted by Crippen LogP contribution is -2.31. The van der Waals surface area contributed by atoms with Gasteiger partial charge in [-0.1, -0.05) is 6.08 Å². The molecule has 1 atom stereocenters. The van der Waals surface area contributed by atoms with Gasteiger partial charge in [-0.2, -0.15) is 5.10 Å². The average Bonchev–Trinajstić information content (AvgIpc) is 2.84. The molecule has 1 aliphatic heterocycles. The van der Waals surface area contributed by atoms with Crippen molar-refractivity contribution in [2.24, 2.45) is 5.10 Å². The Morgan fingerprint density at radius 2 is 2.41 bits per heavy atom. The Labute approximate surface area is 136 Å². The summed E-state index contributed by atoms with van der Waals surface area (Å²) in [5.74, 6) is 1.69. The second kappa shape index (κ2) is 7.79. The van der Waals surface area contributed by atoms with E-state index in [4.69, 9.17) is 21.7 Å². The molecule has 2 N–H and O–H groups in total. The van der Waals surface area contributed by atoms with Gasteiger partial charge in [0.2, 0.25) is 0 Å². The first kappa shape index (κ1) is 16.3. The fourth-order valence-corrected chi connectivity index (χ4v) is 2.34. The summed E-state index contributed by atoms with van der Waals surface area (Å²) in [6.45, 7) is 8.82. The van der Waals surface area contributed by atoms with E-state index in [1.807, 2.05) is 19.1 Å². The topological polar surface area (TPSA) is 54.9 Å². The molecule has 6 heteroatoms. The maximum Gasteiger partial charge on any atom is 0.187 e. The summed E-state index contributed by atoms with van der Waals surface area (Å²) in [6.07, 6.45) is 4.51. The molecule has 1 aromatic rings. The van der Waals surface area contributed by atoms with Crippen LogP contribution in [0.5, 0.6) is 11.5 Å². The smallest absolute Gasteiger partial charge is 0.187 e. The summed E-state index contributed by atoms with van der Waals surface area (Å²) in [5.41, 5.74) is 4.78. The van der Waals surface area contributed by atoms with Crippen LogP contribution in [0.3, 0.4) is 0 Å². The van der Waals surface area contributed by atoms with Crippen molar-refractivity contribution >= 4 is 23.5 Å². The van der Waals surface area contributed by atoms with Crippen LogP contribution in [0, 0.1) is 0 Å². The van der Waals surface area contributed by atoms with E-state index in [9.17, 15) is 0 Å². The lowest BCUT2D eigenvalue weighted by Gasteiger charge is -2.10. The van der Waals surface area contributed by atoms with Crippen molar-refractivity contribution in [1.82, 2.24) is 10.7 Å². The van der Waals surface area contributed by atoms with Crippen molar-refractivity contribution in [3.8, 4) is 11.5 Å². The highest BCUT2D eigenvalue weighted by Gasteiger charge is 2.21. The van der Waals surface area contributed by atoms with Crippen molar-refractivity contribution in [2.45, 2.75) is 26.4 Å². The molecule has 0 radical (unpaired) electrons. The molecule has 0 aliphatic carbocycles. The van der Waals surface area contributed by atoms with E-state index in [2.05, 4.69) is 29.3 Å². The minimum absolute atomic E-state index is 0.200. The quantitative estimate of drug-likeness (QED) is 0.365. The largest absolute Gasteiger partial charge is 0.493 e. The van der Waals surface area contributed by atoms with Crippen molar-refractivity contribution in [1.29, 1.82) is 0 Å². The van der Waals surface area contributed by atoms with E-state index >= 15 is 0 Å². The SMILES string of the molecule is C=CCNC(=S)N/N=C\c1cc2c(cc1OCC)C[C@H](C)O2. The highest BCUT2D eigenvalue weighted by atomic mass is 32.1. The maximum atomic E-state index is 5.77. The summed E-state index contributed by atoms with van der Waals surface area (Å²) in [6, 6.07) is 3.98. The molecule has 1 aromatic carbocycles. The zero-order chi connectivity index (χ0) is 15.9. The normalized spacial score (nSPS) is 16.0. The number of hydrogen-bond acceptors (Lipinski definition) is 4. The van der Waals surface area contributed by atoms with Crippen LogP contribution in [-0.2, 0) is 6.42 Å². The zero-order valence-corrected chi connectivity index (χ0v) is 13.7. The Morgan fingerprint density at radius 3 is 3.14 bits per heavy atom. The first-order chi connectivity index (χ1) is 10.6. The van der Waals surface area contributed by atoms with Gasteiger partial charge in [0.1, 0.15) is 17.6 Å². The Morgan fingerprint density at radius 1 is 1.59 bits per heavy atom. The number of nitrogens with zero attached hydrogens (tertiary/aromatic N) is 1. The minimum atomic E-state index is 0.200. The molecule has 0 spiro atoms. The Kier molecular flexibility index (Phi) is 5.77. The van der Waals surface area contributed by atoms with Gasteiger partial charge in [0, 0.05) is 24.1 Å². The lowest BCUT2D eigenvalue weighted by atomic mass is 10.1. The maximum absolute atomic E-state index is 5.77. The molecule has 2 rings (SSSR count). The molecule has 5 nitrogen and oxygen atoms in total. The lowest BCUT2D eigenvalue weighted by molar-refractivity contribution is 0.254. The predicted octanol–water partition coefficient (Wildman–Crippen LogP) is 2.39. The van der Waals surface area contributed by atoms with Gasteiger partial charge < -0.3 is 14.8 Å². The molecule has 118 valence electrons. The van der Waals surface area contributed by atoms with Crippen LogP contribution in [0.2, 0.25) is 0 Å². The predicted molar refractivity (Wildman–Crippen MR) is 92.9 cm³/mol. The molecule has 0 fully saturated rings. The summed E-state index contributed by atoms with van der Waals surface area (Å²) in [7, 11) is 0.